The zero-order valence-corrected chi connectivity index (χ0v) is 12.1. The smallest absolute Gasteiger partial charge is 0.406 e. The molecule has 1 aliphatic carbocycles. The Morgan fingerprint density at radius 2 is 1.90 bits per heavy atom. The first-order valence-corrected chi connectivity index (χ1v) is 7.22. The summed E-state index contributed by atoms with van der Waals surface area (Å²) in [5.74, 6) is 0.541. The van der Waals surface area contributed by atoms with Crippen molar-refractivity contribution >= 4 is 0 Å². The van der Waals surface area contributed by atoms with Gasteiger partial charge in [-0.1, -0.05) is 19.1 Å². The molecule has 0 heterocycles. The number of nitrogens with two attached hydrogens (primary N) is 1. The Morgan fingerprint density at radius 1 is 1.29 bits per heavy atom. The van der Waals surface area contributed by atoms with Crippen LogP contribution in [0.25, 0.3) is 0 Å². The summed E-state index contributed by atoms with van der Waals surface area (Å²) in [6, 6.07) is 6.05. The lowest BCUT2D eigenvalue weighted by Crippen LogP contribution is -2.35. The highest BCUT2D eigenvalue weighted by Gasteiger charge is 2.31. The molecule has 1 fully saturated rings. The molecule has 3 nitrogen and oxygen atoms in total. The number of rotatable bonds is 7. The molecule has 1 unspecified atom stereocenters. The van der Waals surface area contributed by atoms with Gasteiger partial charge in [0.1, 0.15) is 5.75 Å². The van der Waals surface area contributed by atoms with Crippen LogP contribution in [-0.4, -0.2) is 30.9 Å². The average molecular weight is 302 g/mol. The number of nitrogens with zero attached hydrogens (tertiary/aromatic N) is 1. The van der Waals surface area contributed by atoms with Crippen molar-refractivity contribution < 1.29 is 17.9 Å². The predicted molar refractivity (Wildman–Crippen MR) is 74.9 cm³/mol. The quantitative estimate of drug-likeness (QED) is 0.840. The van der Waals surface area contributed by atoms with E-state index < -0.39 is 6.36 Å². The summed E-state index contributed by atoms with van der Waals surface area (Å²) in [7, 11) is 0. The monoisotopic (exact) mass is 302 g/mol. The minimum atomic E-state index is -4.66. The van der Waals surface area contributed by atoms with E-state index in [0.717, 1.165) is 24.6 Å². The first-order valence-electron chi connectivity index (χ1n) is 7.22. The van der Waals surface area contributed by atoms with Crippen molar-refractivity contribution in [2.24, 2.45) is 11.7 Å². The molecule has 1 atom stereocenters. The number of likely N-dealkylation sites (N-methyl/N-ethyl adjacent to an activating group) is 1. The van der Waals surface area contributed by atoms with Gasteiger partial charge in [-0.15, -0.1) is 13.2 Å². The van der Waals surface area contributed by atoms with E-state index in [-0.39, 0.29) is 11.8 Å². The van der Waals surface area contributed by atoms with Crippen LogP contribution < -0.4 is 10.5 Å². The van der Waals surface area contributed by atoms with Gasteiger partial charge in [0.2, 0.25) is 0 Å². The molecule has 0 aromatic heterocycles. The van der Waals surface area contributed by atoms with Crippen molar-refractivity contribution in [3.8, 4) is 5.75 Å². The van der Waals surface area contributed by atoms with Gasteiger partial charge >= 0.3 is 6.36 Å². The summed E-state index contributed by atoms with van der Waals surface area (Å²) in [6.45, 7) is 4.39. The third-order valence-electron chi connectivity index (χ3n) is 3.76. The van der Waals surface area contributed by atoms with Crippen LogP contribution in [0.3, 0.4) is 0 Å². The van der Waals surface area contributed by atoms with Crippen molar-refractivity contribution in [2.75, 3.05) is 19.6 Å². The molecule has 1 aromatic rings. The van der Waals surface area contributed by atoms with Gasteiger partial charge in [0.15, 0.2) is 0 Å². The van der Waals surface area contributed by atoms with Gasteiger partial charge in [-0.25, -0.2) is 0 Å². The Morgan fingerprint density at radius 3 is 2.33 bits per heavy atom. The zero-order chi connectivity index (χ0) is 15.5. The molecule has 0 spiro atoms. The SMILES string of the molecule is CCN(CC1CC1)C(CN)c1ccc(OC(F)(F)F)cc1. The Hall–Kier alpha value is -1.27. The number of hydrogen-bond donors (Lipinski definition) is 1. The van der Waals surface area contributed by atoms with Crippen LogP contribution in [-0.2, 0) is 0 Å². The lowest BCUT2D eigenvalue weighted by molar-refractivity contribution is -0.274. The maximum absolute atomic E-state index is 12.1. The number of benzene rings is 1. The second-order valence-corrected chi connectivity index (χ2v) is 5.40. The third kappa shape index (κ3) is 4.89. The second-order valence-electron chi connectivity index (χ2n) is 5.40. The highest BCUT2D eigenvalue weighted by molar-refractivity contribution is 5.29. The third-order valence-corrected chi connectivity index (χ3v) is 3.76. The maximum atomic E-state index is 12.1. The minimum Gasteiger partial charge on any atom is -0.406 e. The van der Waals surface area contributed by atoms with Crippen molar-refractivity contribution in [3.05, 3.63) is 29.8 Å². The number of alkyl halides is 3. The molecule has 1 aromatic carbocycles. The fraction of sp³-hybridized carbons (Fsp3) is 0.600. The average Bonchev–Trinajstić information content (AvgIpc) is 3.22. The highest BCUT2D eigenvalue weighted by Crippen LogP contribution is 2.33. The molecule has 118 valence electrons. The molecule has 2 N–H and O–H groups in total. The molecule has 0 saturated heterocycles. The summed E-state index contributed by atoms with van der Waals surface area (Å²) in [4.78, 5) is 2.29. The fourth-order valence-electron chi connectivity index (χ4n) is 2.50. The van der Waals surface area contributed by atoms with Gasteiger partial charge in [0.05, 0.1) is 0 Å². The van der Waals surface area contributed by atoms with Gasteiger partial charge in [0, 0.05) is 19.1 Å². The lowest BCUT2D eigenvalue weighted by atomic mass is 10.0. The van der Waals surface area contributed by atoms with Gasteiger partial charge in [-0.2, -0.15) is 0 Å². The Labute approximate surface area is 122 Å². The van der Waals surface area contributed by atoms with Crippen LogP contribution in [0.1, 0.15) is 31.4 Å². The van der Waals surface area contributed by atoms with E-state index in [4.69, 9.17) is 5.73 Å². The van der Waals surface area contributed by atoms with E-state index >= 15 is 0 Å². The van der Waals surface area contributed by atoms with Crippen LogP contribution in [0.5, 0.6) is 5.75 Å². The van der Waals surface area contributed by atoms with E-state index in [1.54, 1.807) is 12.1 Å². The van der Waals surface area contributed by atoms with Crippen LogP contribution >= 0.6 is 0 Å². The number of ether oxygens (including phenoxy) is 1. The maximum Gasteiger partial charge on any atom is 0.573 e. The van der Waals surface area contributed by atoms with Gasteiger partial charge in [0.25, 0.3) is 0 Å². The molecular weight excluding hydrogens is 281 g/mol. The molecule has 0 aliphatic heterocycles. The molecule has 1 aliphatic rings. The van der Waals surface area contributed by atoms with E-state index in [2.05, 4.69) is 16.6 Å². The normalized spacial score (nSPS) is 17.0. The molecule has 0 amide bonds. The Balaban J connectivity index is 2.06. The minimum absolute atomic E-state index is 0.0375. The zero-order valence-electron chi connectivity index (χ0n) is 12.1. The highest BCUT2D eigenvalue weighted by atomic mass is 19.4. The first kappa shape index (κ1) is 16.1. The Bertz CT molecular complexity index is 443. The summed E-state index contributed by atoms with van der Waals surface area (Å²) >= 11 is 0. The molecule has 21 heavy (non-hydrogen) atoms. The molecule has 0 radical (unpaired) electrons. The van der Waals surface area contributed by atoms with Crippen molar-refractivity contribution in [1.29, 1.82) is 0 Å². The first-order chi connectivity index (χ1) is 9.93. The Kier molecular flexibility index (Phi) is 5.11. The van der Waals surface area contributed by atoms with Crippen LogP contribution in [0.4, 0.5) is 13.2 Å². The fourth-order valence-corrected chi connectivity index (χ4v) is 2.50. The topological polar surface area (TPSA) is 38.5 Å². The summed E-state index contributed by atoms with van der Waals surface area (Å²) < 4.78 is 40.3. The number of halogens is 3. The molecule has 0 bridgehead atoms. The largest absolute Gasteiger partial charge is 0.573 e. The van der Waals surface area contributed by atoms with Gasteiger partial charge in [-0.3, -0.25) is 4.90 Å². The van der Waals surface area contributed by atoms with Crippen molar-refractivity contribution in [3.63, 3.8) is 0 Å². The molecule has 2 rings (SSSR count). The van der Waals surface area contributed by atoms with Gasteiger partial charge in [-0.05, 0) is 43.0 Å². The summed E-state index contributed by atoms with van der Waals surface area (Å²) in [5, 5.41) is 0. The summed E-state index contributed by atoms with van der Waals surface area (Å²) in [5.41, 5.74) is 6.79. The van der Waals surface area contributed by atoms with Crippen molar-refractivity contribution in [2.45, 2.75) is 32.2 Å². The molecule has 6 heteroatoms. The molecular formula is C15H21F3N2O. The van der Waals surface area contributed by atoms with E-state index in [9.17, 15) is 13.2 Å². The standard InChI is InChI=1S/C15H21F3N2O/c1-2-20(10-11-3-4-11)14(9-19)12-5-7-13(8-6-12)21-15(16,17)18/h5-8,11,14H,2-4,9-10,19H2,1H3. The predicted octanol–water partition coefficient (Wildman–Crippen LogP) is 3.32. The molecule has 1 saturated carbocycles. The van der Waals surface area contributed by atoms with E-state index in [1.165, 1.54) is 25.0 Å². The van der Waals surface area contributed by atoms with Crippen LogP contribution in [0.15, 0.2) is 24.3 Å². The second kappa shape index (κ2) is 6.66. The van der Waals surface area contributed by atoms with Crippen LogP contribution in [0.2, 0.25) is 0 Å². The van der Waals surface area contributed by atoms with E-state index in [1.807, 2.05) is 0 Å². The van der Waals surface area contributed by atoms with E-state index in [0.29, 0.717) is 6.54 Å². The lowest BCUT2D eigenvalue weighted by Gasteiger charge is -2.30. The number of hydrogen-bond acceptors (Lipinski definition) is 3. The van der Waals surface area contributed by atoms with Crippen molar-refractivity contribution in [1.82, 2.24) is 4.90 Å². The van der Waals surface area contributed by atoms with Crippen LogP contribution in [0, 0.1) is 5.92 Å². The summed E-state index contributed by atoms with van der Waals surface area (Å²) in [6.07, 6.45) is -2.14. The van der Waals surface area contributed by atoms with Gasteiger partial charge < -0.3 is 10.5 Å².